The molecule has 0 spiro atoms. The minimum absolute atomic E-state index is 0.136. The largest absolute Gasteiger partial charge is 0.382 e. The van der Waals surface area contributed by atoms with Crippen LogP contribution in [0.15, 0.2) is 64.4 Å². The fraction of sp³-hybridized carbons (Fsp3) is 0.348. The van der Waals surface area contributed by atoms with E-state index in [9.17, 15) is 4.79 Å². The molecule has 4 heteroatoms. The molecule has 2 aliphatic rings. The summed E-state index contributed by atoms with van der Waals surface area (Å²) in [5.74, 6) is 0.136. The van der Waals surface area contributed by atoms with Gasteiger partial charge in [0, 0.05) is 23.5 Å². The molecule has 0 bridgehead atoms. The Bertz CT molecular complexity index is 823. The molecule has 0 radical (unpaired) electrons. The van der Waals surface area contributed by atoms with E-state index >= 15 is 0 Å². The molecule has 0 atom stereocenters. The summed E-state index contributed by atoms with van der Waals surface area (Å²) in [6, 6.07) is 18.1. The van der Waals surface area contributed by atoms with Gasteiger partial charge in [-0.2, -0.15) is 0 Å². The summed E-state index contributed by atoms with van der Waals surface area (Å²) in [5, 5.41) is 3.61. The average molecular weight is 379 g/mol. The number of allylic oxidation sites excluding steroid dienone is 1. The number of hydrogen-bond acceptors (Lipinski definition) is 4. The maximum Gasteiger partial charge on any atom is 0.202 e. The van der Waals surface area contributed by atoms with Gasteiger partial charge in [0.25, 0.3) is 0 Å². The van der Waals surface area contributed by atoms with Crippen molar-refractivity contribution >= 4 is 23.2 Å². The van der Waals surface area contributed by atoms with Gasteiger partial charge in [-0.3, -0.25) is 4.79 Å². The molecule has 140 valence electrons. The smallest absolute Gasteiger partial charge is 0.202 e. The van der Waals surface area contributed by atoms with Crippen LogP contribution in [0, 0.1) is 0 Å². The Morgan fingerprint density at radius 2 is 1.63 bits per heavy atom. The van der Waals surface area contributed by atoms with Crippen molar-refractivity contribution in [2.45, 2.75) is 30.6 Å². The highest BCUT2D eigenvalue weighted by molar-refractivity contribution is 8.05. The summed E-state index contributed by atoms with van der Waals surface area (Å²) in [7, 11) is 0. The molecule has 3 nitrogen and oxygen atoms in total. The zero-order chi connectivity index (χ0) is 18.5. The van der Waals surface area contributed by atoms with E-state index in [2.05, 4.69) is 22.3 Å². The van der Waals surface area contributed by atoms with Gasteiger partial charge in [0.15, 0.2) is 0 Å². The molecule has 2 aromatic carbocycles. The first kappa shape index (κ1) is 18.3. The molecule has 0 aliphatic carbocycles. The Balaban J connectivity index is 1.55. The van der Waals surface area contributed by atoms with Gasteiger partial charge in [0.1, 0.15) is 0 Å². The quantitative estimate of drug-likeness (QED) is 0.757. The number of thioether (sulfide) groups is 1. The van der Waals surface area contributed by atoms with Crippen LogP contribution >= 0.6 is 11.8 Å². The fourth-order valence-corrected chi connectivity index (χ4v) is 4.94. The number of carbonyl (C=O) groups excluding carboxylic acids is 1. The Morgan fingerprint density at radius 3 is 2.37 bits per heavy atom. The summed E-state index contributed by atoms with van der Waals surface area (Å²) in [6.45, 7) is 4.27. The SMILES string of the molecule is O=C1/C(=C(\NCCN2CCCCCC2)c2ccccc2)Sc2ccccc21. The van der Waals surface area contributed by atoms with Crippen LogP contribution in [-0.4, -0.2) is 36.9 Å². The van der Waals surface area contributed by atoms with Crippen molar-refractivity contribution in [2.24, 2.45) is 0 Å². The Kier molecular flexibility index (Phi) is 5.95. The number of likely N-dealkylation sites (tertiary alicyclic amines) is 1. The van der Waals surface area contributed by atoms with Gasteiger partial charge >= 0.3 is 0 Å². The molecule has 1 fully saturated rings. The monoisotopic (exact) mass is 378 g/mol. The minimum Gasteiger partial charge on any atom is -0.382 e. The molecule has 2 aromatic rings. The second-order valence-corrected chi connectivity index (χ2v) is 8.23. The van der Waals surface area contributed by atoms with Crippen LogP contribution in [0.25, 0.3) is 5.70 Å². The zero-order valence-electron chi connectivity index (χ0n) is 15.6. The second-order valence-electron chi connectivity index (χ2n) is 7.18. The van der Waals surface area contributed by atoms with E-state index < -0.39 is 0 Å². The standard InChI is InChI=1S/C23H26N2OS/c26-22-19-12-6-7-13-20(19)27-23(22)21(18-10-4-3-5-11-18)24-14-17-25-15-8-1-2-9-16-25/h3-7,10-13,24H,1-2,8-9,14-17H2/b23-21+. The summed E-state index contributed by atoms with van der Waals surface area (Å²) in [4.78, 5) is 17.4. The number of Topliss-reactive ketones (excluding diaryl/α,β-unsaturated/α-hetero) is 1. The van der Waals surface area contributed by atoms with Crippen LogP contribution in [0.3, 0.4) is 0 Å². The molecular formula is C23H26N2OS. The van der Waals surface area contributed by atoms with Crippen LogP contribution in [0.2, 0.25) is 0 Å². The first-order valence-corrected chi connectivity index (χ1v) is 10.7. The van der Waals surface area contributed by atoms with Crippen molar-refractivity contribution in [3.05, 3.63) is 70.6 Å². The maximum atomic E-state index is 13.0. The van der Waals surface area contributed by atoms with E-state index in [0.29, 0.717) is 0 Å². The summed E-state index contributed by atoms with van der Waals surface area (Å²) < 4.78 is 0. The van der Waals surface area contributed by atoms with Gasteiger partial charge < -0.3 is 10.2 Å². The van der Waals surface area contributed by atoms with Gasteiger partial charge in [-0.1, -0.05) is 67.1 Å². The molecule has 1 saturated heterocycles. The van der Waals surface area contributed by atoms with E-state index in [1.54, 1.807) is 11.8 Å². The second kappa shape index (κ2) is 8.77. The maximum absolute atomic E-state index is 13.0. The summed E-state index contributed by atoms with van der Waals surface area (Å²) in [5.41, 5.74) is 2.87. The Labute approximate surface area is 165 Å². The summed E-state index contributed by atoms with van der Waals surface area (Å²) >= 11 is 1.59. The lowest BCUT2D eigenvalue weighted by molar-refractivity contribution is 0.104. The lowest BCUT2D eigenvalue weighted by Crippen LogP contribution is -2.32. The number of nitrogens with one attached hydrogen (secondary N) is 1. The van der Waals surface area contributed by atoms with Gasteiger partial charge in [0.2, 0.25) is 5.78 Å². The van der Waals surface area contributed by atoms with E-state index in [1.165, 1.54) is 38.8 Å². The van der Waals surface area contributed by atoms with E-state index in [1.807, 2.05) is 42.5 Å². The first-order chi connectivity index (χ1) is 13.3. The molecular weight excluding hydrogens is 352 g/mol. The van der Waals surface area contributed by atoms with Crippen LogP contribution in [0.1, 0.15) is 41.6 Å². The van der Waals surface area contributed by atoms with Crippen molar-refractivity contribution in [1.82, 2.24) is 10.2 Å². The first-order valence-electron chi connectivity index (χ1n) is 9.90. The third-order valence-electron chi connectivity index (χ3n) is 5.27. The molecule has 1 N–H and O–H groups in total. The van der Waals surface area contributed by atoms with Crippen molar-refractivity contribution in [2.75, 3.05) is 26.2 Å². The third-order valence-corrected chi connectivity index (χ3v) is 6.44. The fourth-order valence-electron chi connectivity index (χ4n) is 3.80. The highest BCUT2D eigenvalue weighted by atomic mass is 32.2. The Morgan fingerprint density at radius 1 is 0.926 bits per heavy atom. The van der Waals surface area contributed by atoms with Crippen molar-refractivity contribution in [3.63, 3.8) is 0 Å². The molecule has 0 amide bonds. The van der Waals surface area contributed by atoms with Gasteiger partial charge in [0.05, 0.1) is 10.6 Å². The topological polar surface area (TPSA) is 32.3 Å². The van der Waals surface area contributed by atoms with Crippen molar-refractivity contribution < 1.29 is 4.79 Å². The molecule has 0 aromatic heterocycles. The average Bonchev–Trinajstić information content (AvgIpc) is 2.87. The van der Waals surface area contributed by atoms with E-state index in [0.717, 1.165) is 39.7 Å². The van der Waals surface area contributed by atoms with Crippen LogP contribution < -0.4 is 5.32 Å². The number of carbonyl (C=O) groups is 1. The molecule has 2 aliphatic heterocycles. The zero-order valence-corrected chi connectivity index (χ0v) is 16.4. The van der Waals surface area contributed by atoms with Gasteiger partial charge in [-0.15, -0.1) is 0 Å². The number of rotatable bonds is 5. The normalized spacial score (nSPS) is 19.5. The number of hydrogen-bond donors (Lipinski definition) is 1. The molecule has 27 heavy (non-hydrogen) atoms. The summed E-state index contributed by atoms with van der Waals surface area (Å²) in [6.07, 6.45) is 5.31. The van der Waals surface area contributed by atoms with Crippen molar-refractivity contribution in [1.29, 1.82) is 0 Å². The predicted octanol–water partition coefficient (Wildman–Crippen LogP) is 4.81. The number of ketones is 1. The lowest BCUT2D eigenvalue weighted by atomic mass is 10.1. The van der Waals surface area contributed by atoms with E-state index in [-0.39, 0.29) is 5.78 Å². The van der Waals surface area contributed by atoms with Gasteiger partial charge in [-0.05, 0) is 43.6 Å². The van der Waals surface area contributed by atoms with Crippen LogP contribution in [0.4, 0.5) is 0 Å². The molecule has 0 unspecified atom stereocenters. The van der Waals surface area contributed by atoms with Crippen molar-refractivity contribution in [3.8, 4) is 0 Å². The number of nitrogens with zero attached hydrogens (tertiary/aromatic N) is 1. The predicted molar refractivity (Wildman–Crippen MR) is 113 cm³/mol. The van der Waals surface area contributed by atoms with Crippen LogP contribution in [-0.2, 0) is 0 Å². The lowest BCUT2D eigenvalue weighted by Gasteiger charge is -2.21. The molecule has 4 rings (SSSR count). The van der Waals surface area contributed by atoms with Gasteiger partial charge in [-0.25, -0.2) is 0 Å². The highest BCUT2D eigenvalue weighted by Gasteiger charge is 2.29. The van der Waals surface area contributed by atoms with E-state index in [4.69, 9.17) is 0 Å². The third kappa shape index (κ3) is 4.28. The molecule has 0 saturated carbocycles. The number of benzene rings is 2. The minimum atomic E-state index is 0.136. The van der Waals surface area contributed by atoms with Crippen LogP contribution in [0.5, 0.6) is 0 Å². The number of fused-ring (bicyclic) bond motifs is 1. The Hall–Kier alpha value is -2.04. The highest BCUT2D eigenvalue weighted by Crippen LogP contribution is 2.42. The molecule has 2 heterocycles.